The zero-order valence-corrected chi connectivity index (χ0v) is 15.8. The van der Waals surface area contributed by atoms with Gasteiger partial charge >= 0.3 is 0 Å². The first-order valence-corrected chi connectivity index (χ1v) is 9.10. The van der Waals surface area contributed by atoms with Crippen LogP contribution in [0.3, 0.4) is 0 Å². The summed E-state index contributed by atoms with van der Waals surface area (Å²) in [7, 11) is 0. The molecule has 2 aromatic rings. The molecule has 0 saturated heterocycles. The number of carbonyl (C=O) groups excluding carboxylic acids is 1. The van der Waals surface area contributed by atoms with E-state index in [1.807, 2.05) is 22.6 Å². The monoisotopic (exact) mass is 357 g/mol. The Labute approximate surface area is 154 Å². The molecular weight excluding hydrogens is 334 g/mol. The summed E-state index contributed by atoms with van der Waals surface area (Å²) < 4.78 is 1.81. The Balaban J connectivity index is 1.72. The SMILES string of the molecule is Cc1nn(CC(C)C)c(Cl)c1/C=C/C(=O)N1CCc2ccccc2C1. The number of hydrogen-bond donors (Lipinski definition) is 0. The number of nitrogens with zero attached hydrogens (tertiary/aromatic N) is 3. The molecule has 5 heteroatoms. The second-order valence-electron chi connectivity index (χ2n) is 6.98. The predicted octanol–water partition coefficient (Wildman–Crippen LogP) is 4.10. The van der Waals surface area contributed by atoms with Crippen molar-refractivity contribution in [3.05, 3.63) is 57.9 Å². The second kappa shape index (κ2) is 7.44. The van der Waals surface area contributed by atoms with Crippen LogP contribution in [0.15, 0.2) is 30.3 Å². The van der Waals surface area contributed by atoms with Gasteiger partial charge in [-0.05, 0) is 36.5 Å². The van der Waals surface area contributed by atoms with Crippen LogP contribution in [0.5, 0.6) is 0 Å². The van der Waals surface area contributed by atoms with Crippen LogP contribution in [-0.2, 0) is 24.3 Å². The Bertz CT molecular complexity index is 807. The van der Waals surface area contributed by atoms with Gasteiger partial charge in [-0.15, -0.1) is 0 Å². The molecule has 3 rings (SSSR count). The van der Waals surface area contributed by atoms with Crippen LogP contribution in [-0.4, -0.2) is 27.1 Å². The smallest absolute Gasteiger partial charge is 0.246 e. The third-order valence-corrected chi connectivity index (χ3v) is 4.88. The van der Waals surface area contributed by atoms with E-state index in [-0.39, 0.29) is 5.91 Å². The molecule has 1 aromatic carbocycles. The van der Waals surface area contributed by atoms with Crippen LogP contribution < -0.4 is 0 Å². The first-order chi connectivity index (χ1) is 12.0. The van der Waals surface area contributed by atoms with Crippen molar-refractivity contribution in [2.24, 2.45) is 5.92 Å². The summed E-state index contributed by atoms with van der Waals surface area (Å²) in [6.07, 6.45) is 4.32. The lowest BCUT2D eigenvalue weighted by molar-refractivity contribution is -0.126. The van der Waals surface area contributed by atoms with Crippen molar-refractivity contribution in [2.75, 3.05) is 6.54 Å². The number of hydrogen-bond acceptors (Lipinski definition) is 2. The number of halogens is 1. The van der Waals surface area contributed by atoms with Crippen molar-refractivity contribution in [3.8, 4) is 0 Å². The van der Waals surface area contributed by atoms with Crippen LogP contribution in [0.25, 0.3) is 6.08 Å². The maximum Gasteiger partial charge on any atom is 0.246 e. The Morgan fingerprint density at radius 1 is 1.32 bits per heavy atom. The standard InChI is InChI=1S/C20H24ClN3O/c1-14(2)12-24-20(21)18(15(3)22-24)8-9-19(25)23-11-10-16-6-4-5-7-17(16)13-23/h4-9,14H,10-13H2,1-3H3/b9-8+. The number of carbonyl (C=O) groups is 1. The molecule has 4 nitrogen and oxygen atoms in total. The number of benzene rings is 1. The lowest BCUT2D eigenvalue weighted by atomic mass is 10.00. The number of aromatic nitrogens is 2. The molecule has 0 bridgehead atoms. The fourth-order valence-corrected chi connectivity index (χ4v) is 3.47. The van der Waals surface area contributed by atoms with E-state index >= 15 is 0 Å². The van der Waals surface area contributed by atoms with Crippen LogP contribution in [0.2, 0.25) is 5.15 Å². The van der Waals surface area contributed by atoms with Crippen molar-refractivity contribution in [1.82, 2.24) is 14.7 Å². The minimum atomic E-state index is 0.0154. The normalized spacial score (nSPS) is 14.4. The molecule has 2 heterocycles. The van der Waals surface area contributed by atoms with Gasteiger partial charge in [-0.2, -0.15) is 5.10 Å². The van der Waals surface area contributed by atoms with Gasteiger partial charge in [0.1, 0.15) is 5.15 Å². The molecule has 0 atom stereocenters. The number of rotatable bonds is 4. The molecule has 0 unspecified atom stereocenters. The first-order valence-electron chi connectivity index (χ1n) is 8.72. The summed E-state index contributed by atoms with van der Waals surface area (Å²) in [4.78, 5) is 14.4. The highest BCUT2D eigenvalue weighted by molar-refractivity contribution is 6.31. The second-order valence-corrected chi connectivity index (χ2v) is 7.34. The highest BCUT2D eigenvalue weighted by atomic mass is 35.5. The molecule has 1 aliphatic heterocycles. The largest absolute Gasteiger partial charge is 0.334 e. The van der Waals surface area contributed by atoms with Crippen LogP contribution in [0.4, 0.5) is 0 Å². The van der Waals surface area contributed by atoms with E-state index in [1.54, 1.807) is 12.2 Å². The molecule has 1 aliphatic rings. The van der Waals surface area contributed by atoms with E-state index in [9.17, 15) is 4.79 Å². The van der Waals surface area contributed by atoms with Gasteiger partial charge < -0.3 is 4.90 Å². The molecule has 0 spiro atoms. The molecule has 1 aromatic heterocycles. The Hall–Kier alpha value is -2.07. The molecule has 25 heavy (non-hydrogen) atoms. The summed E-state index contributed by atoms with van der Waals surface area (Å²) in [6.45, 7) is 8.35. The zero-order valence-electron chi connectivity index (χ0n) is 15.0. The summed E-state index contributed by atoms with van der Waals surface area (Å²) in [5, 5.41) is 5.08. The Morgan fingerprint density at radius 3 is 2.76 bits per heavy atom. The summed E-state index contributed by atoms with van der Waals surface area (Å²) >= 11 is 6.43. The molecule has 0 radical (unpaired) electrons. The van der Waals surface area contributed by atoms with Gasteiger partial charge in [0, 0.05) is 31.3 Å². The van der Waals surface area contributed by atoms with Crippen molar-refractivity contribution in [1.29, 1.82) is 0 Å². The Morgan fingerprint density at radius 2 is 2.04 bits per heavy atom. The van der Waals surface area contributed by atoms with Gasteiger partial charge in [0.2, 0.25) is 5.91 Å². The molecule has 0 aliphatic carbocycles. The lowest BCUT2D eigenvalue weighted by Gasteiger charge is -2.27. The van der Waals surface area contributed by atoms with E-state index < -0.39 is 0 Å². The minimum Gasteiger partial charge on any atom is -0.334 e. The first kappa shape index (κ1) is 17.7. The third-order valence-electron chi connectivity index (χ3n) is 4.48. The number of amides is 1. The fraction of sp³-hybridized carbons (Fsp3) is 0.400. The minimum absolute atomic E-state index is 0.0154. The molecule has 0 fully saturated rings. The van der Waals surface area contributed by atoms with Gasteiger partial charge in [-0.3, -0.25) is 9.48 Å². The average Bonchev–Trinajstić information content (AvgIpc) is 2.85. The van der Waals surface area contributed by atoms with E-state index in [1.165, 1.54) is 11.1 Å². The van der Waals surface area contributed by atoms with Gasteiger partial charge in [0.25, 0.3) is 0 Å². The summed E-state index contributed by atoms with van der Waals surface area (Å²) in [6, 6.07) is 8.30. The molecule has 132 valence electrons. The topological polar surface area (TPSA) is 38.1 Å². The van der Waals surface area contributed by atoms with Crippen molar-refractivity contribution < 1.29 is 4.79 Å². The maximum absolute atomic E-state index is 12.6. The lowest BCUT2D eigenvalue weighted by Crippen LogP contribution is -2.34. The van der Waals surface area contributed by atoms with Crippen LogP contribution in [0, 0.1) is 12.8 Å². The molecule has 0 N–H and O–H groups in total. The highest BCUT2D eigenvalue weighted by Gasteiger charge is 2.19. The van der Waals surface area contributed by atoms with Gasteiger partial charge in [0.15, 0.2) is 0 Å². The van der Waals surface area contributed by atoms with Gasteiger partial charge in [0.05, 0.1) is 5.69 Å². The van der Waals surface area contributed by atoms with Crippen LogP contribution >= 0.6 is 11.6 Å². The summed E-state index contributed by atoms with van der Waals surface area (Å²) in [5.74, 6) is 0.477. The quantitative estimate of drug-likeness (QED) is 0.773. The Kier molecular flexibility index (Phi) is 5.28. The number of aryl methyl sites for hydroxylation is 1. The van der Waals surface area contributed by atoms with E-state index in [0.29, 0.717) is 17.6 Å². The van der Waals surface area contributed by atoms with Gasteiger partial charge in [-0.25, -0.2) is 0 Å². The molecular formula is C20H24ClN3O. The van der Waals surface area contributed by atoms with Gasteiger partial charge in [-0.1, -0.05) is 49.7 Å². The summed E-state index contributed by atoms with van der Waals surface area (Å²) in [5.41, 5.74) is 4.24. The van der Waals surface area contributed by atoms with Crippen LogP contribution in [0.1, 0.15) is 36.2 Å². The molecule has 0 saturated carbocycles. The van der Waals surface area contributed by atoms with Crippen molar-refractivity contribution in [2.45, 2.75) is 40.3 Å². The van der Waals surface area contributed by atoms with E-state index in [2.05, 4.69) is 37.1 Å². The molecule has 1 amide bonds. The third kappa shape index (κ3) is 3.96. The van der Waals surface area contributed by atoms with E-state index in [0.717, 1.165) is 30.8 Å². The predicted molar refractivity (Wildman–Crippen MR) is 101 cm³/mol. The fourth-order valence-electron chi connectivity index (χ4n) is 3.17. The number of fused-ring (bicyclic) bond motifs is 1. The van der Waals surface area contributed by atoms with E-state index in [4.69, 9.17) is 11.6 Å². The van der Waals surface area contributed by atoms with Crippen molar-refractivity contribution >= 4 is 23.6 Å². The highest BCUT2D eigenvalue weighted by Crippen LogP contribution is 2.23. The zero-order chi connectivity index (χ0) is 18.0. The average molecular weight is 358 g/mol. The maximum atomic E-state index is 12.6. The van der Waals surface area contributed by atoms with Crippen molar-refractivity contribution in [3.63, 3.8) is 0 Å².